The molecule has 1 saturated carbocycles. The number of H-pyrrole nitrogens is 1. The topological polar surface area (TPSA) is 53.6 Å². The maximum atomic E-state index is 4.73. The summed E-state index contributed by atoms with van der Waals surface area (Å²) in [6.45, 7) is 0. The van der Waals surface area contributed by atoms with Crippen LogP contribution in [0.2, 0.25) is 0 Å². The van der Waals surface area contributed by atoms with E-state index in [1.807, 2.05) is 17.5 Å². The minimum Gasteiger partial charge on any atom is -0.359 e. The van der Waals surface area contributed by atoms with Gasteiger partial charge in [-0.25, -0.2) is 4.98 Å². The Morgan fingerprint density at radius 1 is 1.35 bits per heavy atom. The summed E-state index contributed by atoms with van der Waals surface area (Å²) in [4.78, 5) is 6.14. The average Bonchev–Trinajstić information content (AvgIpc) is 2.88. The number of aromatic amines is 1. The van der Waals surface area contributed by atoms with Crippen molar-refractivity contribution in [2.24, 2.45) is 0 Å². The molecule has 0 unspecified atom stereocenters. The van der Waals surface area contributed by atoms with Gasteiger partial charge in [0.05, 0.1) is 11.9 Å². The Morgan fingerprint density at radius 2 is 2.29 bits per heavy atom. The van der Waals surface area contributed by atoms with Gasteiger partial charge >= 0.3 is 0 Å². The number of aryl methyl sites for hydroxylation is 2. The van der Waals surface area contributed by atoms with E-state index in [4.69, 9.17) is 4.98 Å². The molecule has 17 heavy (non-hydrogen) atoms. The quantitative estimate of drug-likeness (QED) is 0.856. The van der Waals surface area contributed by atoms with Gasteiger partial charge in [-0.2, -0.15) is 5.10 Å². The number of thiazole rings is 1. The van der Waals surface area contributed by atoms with Crippen molar-refractivity contribution in [1.29, 1.82) is 0 Å². The lowest BCUT2D eigenvalue weighted by Gasteiger charge is -2.25. The molecule has 5 heteroatoms. The second-order valence-corrected chi connectivity index (χ2v) is 5.91. The van der Waals surface area contributed by atoms with Gasteiger partial charge in [0.2, 0.25) is 0 Å². The third-order valence-electron chi connectivity index (χ3n) is 3.71. The van der Waals surface area contributed by atoms with Gasteiger partial charge < -0.3 is 5.32 Å². The lowest BCUT2D eigenvalue weighted by atomic mass is 9.93. The fourth-order valence-corrected chi connectivity index (χ4v) is 3.52. The first kappa shape index (κ1) is 9.65. The molecule has 0 aliphatic heterocycles. The highest BCUT2D eigenvalue weighted by atomic mass is 32.1. The van der Waals surface area contributed by atoms with Gasteiger partial charge in [-0.3, -0.25) is 5.10 Å². The first-order chi connectivity index (χ1) is 8.40. The molecule has 2 aliphatic carbocycles. The lowest BCUT2D eigenvalue weighted by Crippen LogP contribution is -2.26. The molecule has 0 atom stereocenters. The molecule has 2 aromatic rings. The van der Waals surface area contributed by atoms with Crippen LogP contribution >= 0.6 is 11.3 Å². The highest BCUT2D eigenvalue weighted by Crippen LogP contribution is 2.38. The molecule has 2 aromatic heterocycles. The average molecular weight is 246 g/mol. The minimum absolute atomic E-state index is 0.659. The Balaban J connectivity index is 1.69. The van der Waals surface area contributed by atoms with Crippen molar-refractivity contribution in [2.45, 2.75) is 38.1 Å². The monoisotopic (exact) mass is 246 g/mol. The molecule has 0 spiro atoms. The van der Waals surface area contributed by atoms with Gasteiger partial charge in [-0.05, 0) is 32.1 Å². The van der Waals surface area contributed by atoms with Crippen LogP contribution in [0.15, 0.2) is 6.20 Å². The molecular formula is C12H14N4S. The van der Waals surface area contributed by atoms with Crippen molar-refractivity contribution in [3.8, 4) is 11.3 Å². The molecule has 0 bridgehead atoms. The predicted octanol–water partition coefficient (Wildman–Crippen LogP) is 2.60. The molecule has 2 N–H and O–H groups in total. The van der Waals surface area contributed by atoms with E-state index in [0.717, 1.165) is 23.7 Å². The van der Waals surface area contributed by atoms with Crippen molar-refractivity contribution >= 4 is 16.5 Å². The lowest BCUT2D eigenvalue weighted by molar-refractivity contribution is 0.445. The maximum Gasteiger partial charge on any atom is 0.183 e. The second-order valence-electron chi connectivity index (χ2n) is 4.83. The van der Waals surface area contributed by atoms with Crippen LogP contribution in [0.1, 0.15) is 29.8 Å². The van der Waals surface area contributed by atoms with Crippen molar-refractivity contribution in [2.75, 3.05) is 5.32 Å². The summed E-state index contributed by atoms with van der Waals surface area (Å²) < 4.78 is 0. The molecule has 0 amide bonds. The van der Waals surface area contributed by atoms with E-state index in [9.17, 15) is 0 Å². The number of hydrogen-bond donors (Lipinski definition) is 2. The summed E-state index contributed by atoms with van der Waals surface area (Å²) in [5.74, 6) is 0. The minimum atomic E-state index is 0.659. The number of nitrogens with one attached hydrogen (secondary N) is 2. The number of aromatic nitrogens is 3. The fraction of sp³-hybridized carbons (Fsp3) is 0.500. The number of hydrogen-bond acceptors (Lipinski definition) is 4. The van der Waals surface area contributed by atoms with E-state index in [1.165, 1.54) is 35.4 Å². The van der Waals surface area contributed by atoms with Crippen molar-refractivity contribution in [3.63, 3.8) is 0 Å². The Morgan fingerprint density at radius 3 is 3.12 bits per heavy atom. The van der Waals surface area contributed by atoms with Crippen LogP contribution < -0.4 is 5.32 Å². The van der Waals surface area contributed by atoms with E-state index in [1.54, 1.807) is 0 Å². The molecule has 4 rings (SSSR count). The largest absolute Gasteiger partial charge is 0.359 e. The Labute approximate surface area is 103 Å². The van der Waals surface area contributed by atoms with E-state index >= 15 is 0 Å². The van der Waals surface area contributed by atoms with E-state index < -0.39 is 0 Å². The number of anilines is 1. The normalized spacial score (nSPS) is 18.4. The third-order valence-corrected chi connectivity index (χ3v) is 4.75. The summed E-state index contributed by atoms with van der Waals surface area (Å²) in [7, 11) is 0. The summed E-state index contributed by atoms with van der Waals surface area (Å²) >= 11 is 1.82. The molecule has 0 aromatic carbocycles. The summed E-state index contributed by atoms with van der Waals surface area (Å²) in [5, 5.41) is 11.8. The van der Waals surface area contributed by atoms with Crippen LogP contribution in [0.5, 0.6) is 0 Å². The summed E-state index contributed by atoms with van der Waals surface area (Å²) in [6.07, 6.45) is 8.00. The zero-order chi connectivity index (χ0) is 11.2. The zero-order valence-corrected chi connectivity index (χ0v) is 10.3. The highest BCUT2D eigenvalue weighted by Gasteiger charge is 2.24. The van der Waals surface area contributed by atoms with Gasteiger partial charge in [-0.15, -0.1) is 11.3 Å². The summed E-state index contributed by atoms with van der Waals surface area (Å²) in [6, 6.07) is 0.659. The Bertz CT molecular complexity index is 553. The first-order valence-corrected chi connectivity index (χ1v) is 7.00. The van der Waals surface area contributed by atoms with E-state index in [2.05, 4.69) is 15.5 Å². The Kier molecular flexibility index (Phi) is 2.02. The molecule has 4 nitrogen and oxygen atoms in total. The fourth-order valence-electron chi connectivity index (χ4n) is 2.47. The van der Waals surface area contributed by atoms with Gasteiger partial charge in [0, 0.05) is 22.2 Å². The van der Waals surface area contributed by atoms with Crippen LogP contribution in [0.3, 0.4) is 0 Å². The van der Waals surface area contributed by atoms with E-state index in [-0.39, 0.29) is 0 Å². The number of nitrogens with zero attached hydrogens (tertiary/aromatic N) is 2. The van der Waals surface area contributed by atoms with Crippen LogP contribution in [-0.4, -0.2) is 21.2 Å². The van der Waals surface area contributed by atoms with E-state index in [0.29, 0.717) is 6.04 Å². The molecule has 1 fully saturated rings. The van der Waals surface area contributed by atoms with Gasteiger partial charge in [-0.1, -0.05) is 0 Å². The standard InChI is InChI=1S/C12H14N4S/c1-2-7(3-1)14-12-15-11-8-6-13-16-9(8)4-5-10(11)17-12/h6-7H,1-5H2,(H,13,16)(H,14,15). The highest BCUT2D eigenvalue weighted by molar-refractivity contribution is 7.16. The van der Waals surface area contributed by atoms with Crippen molar-refractivity contribution < 1.29 is 0 Å². The molecule has 0 saturated heterocycles. The number of rotatable bonds is 2. The molecule has 2 aliphatic rings. The molecule has 0 radical (unpaired) electrons. The third kappa shape index (κ3) is 1.49. The van der Waals surface area contributed by atoms with Crippen molar-refractivity contribution in [3.05, 3.63) is 16.8 Å². The first-order valence-electron chi connectivity index (χ1n) is 6.19. The molecule has 2 heterocycles. The smallest absolute Gasteiger partial charge is 0.183 e. The molecule has 88 valence electrons. The van der Waals surface area contributed by atoms with Crippen molar-refractivity contribution in [1.82, 2.24) is 15.2 Å². The molecular weight excluding hydrogens is 232 g/mol. The Hall–Kier alpha value is -1.36. The van der Waals surface area contributed by atoms with Crippen LogP contribution in [-0.2, 0) is 12.8 Å². The number of fused-ring (bicyclic) bond motifs is 3. The summed E-state index contributed by atoms with van der Waals surface area (Å²) in [5.41, 5.74) is 3.58. The van der Waals surface area contributed by atoms with Crippen LogP contribution in [0.25, 0.3) is 11.3 Å². The predicted molar refractivity (Wildman–Crippen MR) is 68.4 cm³/mol. The van der Waals surface area contributed by atoms with Crippen LogP contribution in [0, 0.1) is 0 Å². The SMILES string of the molecule is c1n[nH]c2c1-c1nc(NC3CCC3)sc1CC2. The zero-order valence-electron chi connectivity index (χ0n) is 9.49. The van der Waals surface area contributed by atoms with Gasteiger partial charge in [0.25, 0.3) is 0 Å². The second kappa shape index (κ2) is 3.57. The maximum absolute atomic E-state index is 4.73. The van der Waals surface area contributed by atoms with Crippen LogP contribution in [0.4, 0.5) is 5.13 Å². The van der Waals surface area contributed by atoms with Gasteiger partial charge in [0.15, 0.2) is 5.13 Å². The van der Waals surface area contributed by atoms with Gasteiger partial charge in [0.1, 0.15) is 0 Å².